The van der Waals surface area contributed by atoms with Crippen LogP contribution in [0.4, 0.5) is 0 Å². The average molecular weight is 283 g/mol. The maximum absolute atomic E-state index is 4.10. The molecule has 1 aromatic rings. The van der Waals surface area contributed by atoms with Crippen molar-refractivity contribution in [2.45, 2.75) is 6.92 Å². The molecule has 10 heavy (non-hydrogen) atoms. The fourth-order valence-electron chi connectivity index (χ4n) is 0.549. The van der Waals surface area contributed by atoms with Gasteiger partial charge in [-0.1, -0.05) is 0 Å². The number of nitrogens with zero attached hydrogens (tertiary/aromatic N) is 1. The number of hydrogen-bond donors (Lipinski definition) is 0. The monoisotopic (exact) mass is 281 g/mol. The molecule has 0 radical (unpaired) electrons. The minimum Gasteiger partial charge on any atom is -0.249 e. The van der Waals surface area contributed by atoms with E-state index in [2.05, 4.69) is 36.8 Å². The maximum Gasteiger partial charge on any atom is 0.0801 e. The number of aryl methyl sites for hydroxylation is 1. The molecule has 0 spiro atoms. The Hall–Kier alpha value is 0.330. The highest BCUT2D eigenvalue weighted by molar-refractivity contribution is 9.28. The van der Waals surface area contributed by atoms with E-state index < -0.39 is 0 Å². The molecule has 0 unspecified atom stereocenters. The molecule has 0 bridgehead atoms. The molecule has 0 fully saturated rings. The zero-order valence-electron chi connectivity index (χ0n) is 5.27. The highest BCUT2D eigenvalue weighted by Gasteiger charge is 1.96. The third kappa shape index (κ3) is 2.18. The van der Waals surface area contributed by atoms with Gasteiger partial charge in [-0.15, -0.1) is 11.3 Å². The minimum absolute atomic E-state index is 0.951. The predicted molar refractivity (Wildman–Crippen MR) is 52.7 cm³/mol. The lowest BCUT2D eigenvalue weighted by atomic mass is 10.4. The molecule has 0 aromatic carbocycles. The van der Waals surface area contributed by atoms with E-state index in [9.17, 15) is 0 Å². The van der Waals surface area contributed by atoms with Crippen molar-refractivity contribution in [3.63, 3.8) is 0 Å². The summed E-state index contributed by atoms with van der Waals surface area (Å²) in [6.45, 7) is 1.99. The standard InChI is InChI=1S/C6H5Br2NS/c1-4-5(2-6(7)8)10-3-9-4/h2-3H,1H3. The predicted octanol–water partition coefficient (Wildman–Crippen LogP) is 3.54. The smallest absolute Gasteiger partial charge is 0.0801 e. The van der Waals surface area contributed by atoms with Gasteiger partial charge < -0.3 is 0 Å². The first-order valence-corrected chi connectivity index (χ1v) is 5.09. The van der Waals surface area contributed by atoms with E-state index in [4.69, 9.17) is 0 Å². The Bertz CT molecular complexity index is 250. The summed E-state index contributed by atoms with van der Waals surface area (Å²) in [5.74, 6) is 0. The van der Waals surface area contributed by atoms with Crippen LogP contribution in [-0.4, -0.2) is 4.98 Å². The number of rotatable bonds is 1. The molecule has 0 aliphatic rings. The van der Waals surface area contributed by atoms with Crippen molar-refractivity contribution in [2.75, 3.05) is 0 Å². The summed E-state index contributed by atoms with van der Waals surface area (Å²) in [4.78, 5) is 5.29. The molecule has 0 aliphatic heterocycles. The van der Waals surface area contributed by atoms with E-state index in [1.807, 2.05) is 18.5 Å². The zero-order valence-corrected chi connectivity index (χ0v) is 9.25. The highest BCUT2D eigenvalue weighted by atomic mass is 79.9. The third-order valence-corrected chi connectivity index (χ3v) is 2.36. The zero-order chi connectivity index (χ0) is 7.56. The van der Waals surface area contributed by atoms with Crippen LogP contribution >= 0.6 is 43.2 Å². The van der Waals surface area contributed by atoms with Gasteiger partial charge in [-0.2, -0.15) is 0 Å². The molecule has 0 aliphatic carbocycles. The van der Waals surface area contributed by atoms with E-state index in [1.54, 1.807) is 11.3 Å². The van der Waals surface area contributed by atoms with Crippen LogP contribution in [0.15, 0.2) is 8.90 Å². The van der Waals surface area contributed by atoms with E-state index >= 15 is 0 Å². The number of halogens is 2. The van der Waals surface area contributed by atoms with Crippen LogP contribution in [0.25, 0.3) is 6.08 Å². The van der Waals surface area contributed by atoms with Gasteiger partial charge in [-0.3, -0.25) is 0 Å². The molecule has 0 saturated carbocycles. The third-order valence-electron chi connectivity index (χ3n) is 1.02. The van der Waals surface area contributed by atoms with Crippen LogP contribution in [-0.2, 0) is 0 Å². The molecule has 54 valence electrons. The van der Waals surface area contributed by atoms with Crippen LogP contribution in [0.1, 0.15) is 10.6 Å². The van der Waals surface area contributed by atoms with Crippen molar-refractivity contribution in [3.8, 4) is 0 Å². The number of hydrogen-bond acceptors (Lipinski definition) is 2. The fraction of sp³-hybridized carbons (Fsp3) is 0.167. The van der Waals surface area contributed by atoms with E-state index in [0.29, 0.717) is 0 Å². The van der Waals surface area contributed by atoms with Crippen molar-refractivity contribution >= 4 is 49.3 Å². The molecular weight excluding hydrogens is 278 g/mol. The van der Waals surface area contributed by atoms with Crippen LogP contribution in [0.2, 0.25) is 0 Å². The topological polar surface area (TPSA) is 12.9 Å². The molecule has 1 nitrogen and oxygen atoms in total. The molecule has 4 heteroatoms. The summed E-state index contributed by atoms with van der Waals surface area (Å²) >= 11 is 8.20. The van der Waals surface area contributed by atoms with Crippen LogP contribution in [0.5, 0.6) is 0 Å². The van der Waals surface area contributed by atoms with Gasteiger partial charge in [0, 0.05) is 0 Å². The summed E-state index contributed by atoms with van der Waals surface area (Å²) in [5, 5.41) is 0. The van der Waals surface area contributed by atoms with Crippen LogP contribution in [0, 0.1) is 6.92 Å². The summed E-state index contributed by atoms with van der Waals surface area (Å²) in [7, 11) is 0. The SMILES string of the molecule is Cc1ncsc1C=C(Br)Br. The fourth-order valence-corrected chi connectivity index (χ4v) is 2.04. The Kier molecular flexibility index (Phi) is 3.07. The molecule has 1 heterocycles. The average Bonchev–Trinajstić information content (AvgIpc) is 2.15. The molecule has 1 aromatic heterocycles. The summed E-state index contributed by atoms with van der Waals surface area (Å²) < 4.78 is 0.951. The van der Waals surface area contributed by atoms with Crippen LogP contribution < -0.4 is 0 Å². The van der Waals surface area contributed by atoms with Gasteiger partial charge in [0.1, 0.15) is 0 Å². The Morgan fingerprint density at radius 3 is 2.80 bits per heavy atom. The van der Waals surface area contributed by atoms with Crippen LogP contribution in [0.3, 0.4) is 0 Å². The second kappa shape index (κ2) is 3.64. The molecule has 0 amide bonds. The quantitative estimate of drug-likeness (QED) is 0.768. The largest absolute Gasteiger partial charge is 0.249 e. The maximum atomic E-state index is 4.10. The normalized spacial score (nSPS) is 9.50. The first-order chi connectivity index (χ1) is 4.70. The van der Waals surface area contributed by atoms with Gasteiger partial charge in [0.15, 0.2) is 0 Å². The van der Waals surface area contributed by atoms with Crippen molar-refractivity contribution in [1.82, 2.24) is 4.98 Å². The molecule has 0 saturated heterocycles. The van der Waals surface area contributed by atoms with Crippen molar-refractivity contribution in [1.29, 1.82) is 0 Å². The van der Waals surface area contributed by atoms with Gasteiger partial charge >= 0.3 is 0 Å². The summed E-state index contributed by atoms with van der Waals surface area (Å²) in [6.07, 6.45) is 1.99. The summed E-state index contributed by atoms with van der Waals surface area (Å²) in [6, 6.07) is 0. The Labute approximate surface area is 80.4 Å². The molecule has 0 atom stereocenters. The second-order valence-corrected chi connectivity index (χ2v) is 5.40. The first-order valence-electron chi connectivity index (χ1n) is 2.63. The van der Waals surface area contributed by atoms with Crippen molar-refractivity contribution in [3.05, 3.63) is 19.5 Å². The van der Waals surface area contributed by atoms with Gasteiger partial charge in [0.25, 0.3) is 0 Å². The van der Waals surface area contributed by atoms with E-state index in [-0.39, 0.29) is 0 Å². The lowest BCUT2D eigenvalue weighted by molar-refractivity contribution is 1.26. The van der Waals surface area contributed by atoms with Gasteiger partial charge in [-0.05, 0) is 44.9 Å². The van der Waals surface area contributed by atoms with Gasteiger partial charge in [-0.25, -0.2) is 4.98 Å². The Morgan fingerprint density at radius 1 is 1.70 bits per heavy atom. The minimum atomic E-state index is 0.951. The van der Waals surface area contributed by atoms with E-state index in [0.717, 1.165) is 9.09 Å². The van der Waals surface area contributed by atoms with Gasteiger partial charge in [0.2, 0.25) is 0 Å². The van der Waals surface area contributed by atoms with Crippen molar-refractivity contribution < 1.29 is 0 Å². The Balaban J connectivity index is 2.95. The molecule has 0 N–H and O–H groups in total. The highest BCUT2D eigenvalue weighted by Crippen LogP contribution is 2.22. The number of aromatic nitrogens is 1. The molecular formula is C6H5Br2NS. The first kappa shape index (κ1) is 8.43. The van der Waals surface area contributed by atoms with Gasteiger partial charge in [0.05, 0.1) is 19.5 Å². The number of thiazole rings is 1. The van der Waals surface area contributed by atoms with E-state index in [1.165, 1.54) is 4.88 Å². The Morgan fingerprint density at radius 2 is 2.40 bits per heavy atom. The lowest BCUT2D eigenvalue weighted by Crippen LogP contribution is -1.70. The molecule has 1 rings (SSSR count). The lowest BCUT2D eigenvalue weighted by Gasteiger charge is -1.85. The second-order valence-electron chi connectivity index (χ2n) is 1.74. The van der Waals surface area contributed by atoms with Crippen molar-refractivity contribution in [2.24, 2.45) is 0 Å². The summed E-state index contributed by atoms with van der Waals surface area (Å²) in [5.41, 5.74) is 2.91.